The summed E-state index contributed by atoms with van der Waals surface area (Å²) in [5.74, 6) is -0.573. The van der Waals surface area contributed by atoms with Gasteiger partial charge in [0.15, 0.2) is 0 Å². The van der Waals surface area contributed by atoms with Gasteiger partial charge in [0.1, 0.15) is 11.4 Å². The van der Waals surface area contributed by atoms with Crippen molar-refractivity contribution in [2.75, 3.05) is 18.0 Å². The number of carbonyl (C=O) groups excluding carboxylic acids is 1. The normalized spacial score (nSPS) is 13.6. The second-order valence-corrected chi connectivity index (χ2v) is 6.32. The number of hydrogen-bond acceptors (Lipinski definition) is 5. The van der Waals surface area contributed by atoms with Gasteiger partial charge < -0.3 is 15.0 Å². The molecule has 28 heavy (non-hydrogen) atoms. The Morgan fingerprint density at radius 2 is 1.93 bits per heavy atom. The van der Waals surface area contributed by atoms with Gasteiger partial charge in [-0.25, -0.2) is 0 Å². The number of ether oxygens (including phenoxy) is 1. The lowest BCUT2D eigenvalue weighted by Crippen LogP contribution is -2.24. The largest absolute Gasteiger partial charge is 0.434 e. The zero-order chi connectivity index (χ0) is 20.1. The number of halogens is 2. The van der Waals surface area contributed by atoms with Crippen molar-refractivity contribution in [1.29, 1.82) is 0 Å². The van der Waals surface area contributed by atoms with E-state index in [2.05, 4.69) is 10.1 Å². The van der Waals surface area contributed by atoms with Crippen LogP contribution in [0.25, 0.3) is 0 Å². The van der Waals surface area contributed by atoms with E-state index >= 15 is 0 Å². The highest BCUT2D eigenvalue weighted by Gasteiger charge is 2.24. The van der Waals surface area contributed by atoms with Crippen LogP contribution in [0.4, 0.5) is 20.2 Å². The van der Waals surface area contributed by atoms with Crippen LogP contribution in [0.15, 0.2) is 42.5 Å². The summed E-state index contributed by atoms with van der Waals surface area (Å²) in [6.07, 6.45) is 1.94. The van der Waals surface area contributed by atoms with Crippen molar-refractivity contribution in [3.8, 4) is 5.75 Å². The fraction of sp³-hybridized carbons (Fsp3) is 0.316. The number of carbonyl (C=O) groups is 1. The van der Waals surface area contributed by atoms with Gasteiger partial charge in [0.05, 0.1) is 4.92 Å². The van der Waals surface area contributed by atoms with Crippen LogP contribution in [0.5, 0.6) is 5.75 Å². The molecule has 2 aromatic rings. The Labute approximate surface area is 160 Å². The fourth-order valence-electron chi connectivity index (χ4n) is 3.17. The summed E-state index contributed by atoms with van der Waals surface area (Å²) >= 11 is 0. The molecule has 0 radical (unpaired) electrons. The molecule has 1 heterocycles. The third-order valence-corrected chi connectivity index (χ3v) is 4.51. The van der Waals surface area contributed by atoms with Gasteiger partial charge >= 0.3 is 6.61 Å². The molecule has 1 aliphatic heterocycles. The molecule has 9 heteroatoms. The van der Waals surface area contributed by atoms with Gasteiger partial charge in [0, 0.05) is 36.8 Å². The van der Waals surface area contributed by atoms with E-state index in [0.717, 1.165) is 25.9 Å². The molecular weight excluding hydrogens is 372 g/mol. The minimum atomic E-state index is -2.97. The standard InChI is InChI=1S/C19H19F2N3O4/c20-19(21)28-17-6-2-1-5-14(17)12-22-18(25)13-7-8-15(16(11-13)24(26)27)23-9-3-4-10-23/h1-2,5-8,11,19H,3-4,9-10,12H2,(H,22,25). The first kappa shape index (κ1) is 19.5. The summed E-state index contributed by atoms with van der Waals surface area (Å²) < 4.78 is 29.4. The first-order valence-electron chi connectivity index (χ1n) is 8.80. The first-order chi connectivity index (χ1) is 13.5. The number of alkyl halides is 2. The molecule has 0 aromatic heterocycles. The molecule has 1 fully saturated rings. The van der Waals surface area contributed by atoms with Gasteiger partial charge in [-0.05, 0) is 31.0 Å². The van der Waals surface area contributed by atoms with E-state index < -0.39 is 17.4 Å². The summed E-state index contributed by atoms with van der Waals surface area (Å²) in [6.45, 7) is -1.54. The Kier molecular flexibility index (Phi) is 6.03. The van der Waals surface area contributed by atoms with Crippen molar-refractivity contribution >= 4 is 17.3 Å². The molecule has 0 atom stereocenters. The average Bonchev–Trinajstić information content (AvgIpc) is 3.20. The predicted molar refractivity (Wildman–Crippen MR) is 98.8 cm³/mol. The van der Waals surface area contributed by atoms with E-state index in [-0.39, 0.29) is 23.5 Å². The first-order valence-corrected chi connectivity index (χ1v) is 8.80. The summed E-state index contributed by atoms with van der Waals surface area (Å²) in [5, 5.41) is 14.0. The molecule has 0 saturated carbocycles. The number of amides is 1. The smallest absolute Gasteiger partial charge is 0.387 e. The maximum atomic E-state index is 12.5. The van der Waals surface area contributed by atoms with Crippen molar-refractivity contribution in [3.05, 3.63) is 63.7 Å². The van der Waals surface area contributed by atoms with Crippen LogP contribution < -0.4 is 15.0 Å². The van der Waals surface area contributed by atoms with Crippen molar-refractivity contribution in [3.63, 3.8) is 0 Å². The highest BCUT2D eigenvalue weighted by Crippen LogP contribution is 2.31. The summed E-state index contributed by atoms with van der Waals surface area (Å²) in [6, 6.07) is 10.5. The van der Waals surface area contributed by atoms with Crippen LogP contribution >= 0.6 is 0 Å². The van der Waals surface area contributed by atoms with Crippen molar-refractivity contribution < 1.29 is 23.2 Å². The zero-order valence-electron chi connectivity index (χ0n) is 14.9. The van der Waals surface area contributed by atoms with E-state index in [4.69, 9.17) is 0 Å². The summed E-state index contributed by atoms with van der Waals surface area (Å²) in [4.78, 5) is 25.3. The third-order valence-electron chi connectivity index (χ3n) is 4.51. The van der Waals surface area contributed by atoms with Crippen molar-refractivity contribution in [2.45, 2.75) is 26.0 Å². The second kappa shape index (κ2) is 8.64. The van der Waals surface area contributed by atoms with Gasteiger partial charge in [-0.15, -0.1) is 0 Å². The molecule has 2 aromatic carbocycles. The number of hydrogen-bond donors (Lipinski definition) is 1. The van der Waals surface area contributed by atoms with Crippen LogP contribution in [0, 0.1) is 10.1 Å². The number of nitro benzene ring substituents is 1. The van der Waals surface area contributed by atoms with E-state index in [1.165, 1.54) is 18.2 Å². The van der Waals surface area contributed by atoms with Crippen molar-refractivity contribution in [1.82, 2.24) is 5.32 Å². The number of para-hydroxylation sites is 1. The molecule has 1 amide bonds. The second-order valence-electron chi connectivity index (χ2n) is 6.32. The van der Waals surface area contributed by atoms with E-state index in [9.17, 15) is 23.7 Å². The Bertz CT molecular complexity index is 870. The van der Waals surface area contributed by atoms with E-state index in [1.54, 1.807) is 24.3 Å². The predicted octanol–water partition coefficient (Wildman–Crippen LogP) is 3.73. The number of nitrogens with zero attached hydrogens (tertiary/aromatic N) is 2. The fourth-order valence-corrected chi connectivity index (χ4v) is 3.17. The number of nitro groups is 1. The molecule has 148 valence electrons. The van der Waals surface area contributed by atoms with Crippen LogP contribution in [-0.2, 0) is 6.54 Å². The summed E-state index contributed by atoms with van der Waals surface area (Å²) in [5.41, 5.74) is 0.868. The monoisotopic (exact) mass is 391 g/mol. The number of rotatable bonds is 7. The lowest BCUT2D eigenvalue weighted by atomic mass is 10.1. The van der Waals surface area contributed by atoms with Gasteiger partial charge in [0.2, 0.25) is 0 Å². The SMILES string of the molecule is O=C(NCc1ccccc1OC(F)F)c1ccc(N2CCCC2)c([N+](=O)[O-])c1. The zero-order valence-corrected chi connectivity index (χ0v) is 14.9. The Hall–Kier alpha value is -3.23. The highest BCUT2D eigenvalue weighted by molar-refractivity contribution is 5.95. The Balaban J connectivity index is 1.74. The molecule has 0 aliphatic carbocycles. The third kappa shape index (κ3) is 4.54. The summed E-state index contributed by atoms with van der Waals surface area (Å²) in [7, 11) is 0. The Morgan fingerprint density at radius 3 is 2.61 bits per heavy atom. The maximum absolute atomic E-state index is 12.5. The average molecular weight is 391 g/mol. The number of benzene rings is 2. The molecule has 1 N–H and O–H groups in total. The Morgan fingerprint density at radius 1 is 1.21 bits per heavy atom. The van der Waals surface area contributed by atoms with E-state index in [1.807, 2.05) is 4.90 Å². The molecule has 0 unspecified atom stereocenters. The number of anilines is 1. The van der Waals surface area contributed by atoms with Crippen LogP contribution in [0.3, 0.4) is 0 Å². The number of nitrogens with one attached hydrogen (secondary N) is 1. The molecule has 1 aliphatic rings. The van der Waals surface area contributed by atoms with Gasteiger partial charge in [-0.3, -0.25) is 14.9 Å². The van der Waals surface area contributed by atoms with E-state index in [0.29, 0.717) is 11.3 Å². The quantitative estimate of drug-likeness (QED) is 0.574. The van der Waals surface area contributed by atoms with Gasteiger partial charge in [-0.2, -0.15) is 8.78 Å². The minimum absolute atomic E-state index is 0.0341. The maximum Gasteiger partial charge on any atom is 0.387 e. The molecule has 7 nitrogen and oxygen atoms in total. The van der Waals surface area contributed by atoms with Crippen LogP contribution in [0.1, 0.15) is 28.8 Å². The lowest BCUT2D eigenvalue weighted by Gasteiger charge is -2.18. The molecule has 0 bridgehead atoms. The minimum Gasteiger partial charge on any atom is -0.434 e. The van der Waals surface area contributed by atoms with Crippen LogP contribution in [-0.4, -0.2) is 30.5 Å². The molecule has 3 rings (SSSR count). The van der Waals surface area contributed by atoms with Gasteiger partial charge in [0.25, 0.3) is 11.6 Å². The molecular formula is C19H19F2N3O4. The molecule has 1 saturated heterocycles. The lowest BCUT2D eigenvalue weighted by molar-refractivity contribution is -0.384. The topological polar surface area (TPSA) is 84.7 Å². The molecule has 0 spiro atoms. The van der Waals surface area contributed by atoms with Crippen molar-refractivity contribution in [2.24, 2.45) is 0 Å². The van der Waals surface area contributed by atoms with Crippen LogP contribution in [0.2, 0.25) is 0 Å². The van der Waals surface area contributed by atoms with Gasteiger partial charge in [-0.1, -0.05) is 18.2 Å². The highest BCUT2D eigenvalue weighted by atomic mass is 19.3.